The van der Waals surface area contributed by atoms with Gasteiger partial charge in [0.2, 0.25) is 5.91 Å². The molecule has 2 aromatic carbocycles. The maximum atomic E-state index is 12.3. The number of nitrogen functional groups attached to an aromatic ring is 1. The molecule has 1 saturated heterocycles. The zero-order valence-corrected chi connectivity index (χ0v) is 24.8. The standard InChI is InChI=1S/C33H31N7O.C2H6/c1-2-29(41)39-20-19-38(22-33(39)16-17-33)21-23-10-12-25(13-11-23)40-31(26-9-6-18-35-30(26)34)37-28-15-14-27(36-32(28)40)24-7-4-3-5-8-24;1-2/h2-15,18H,1,16-17,19-22H2,(H2,34,35);1-2H3. The van der Waals surface area contributed by atoms with E-state index in [1.807, 2.05) is 61.2 Å². The molecule has 0 radical (unpaired) electrons. The summed E-state index contributed by atoms with van der Waals surface area (Å²) in [6.07, 6.45) is 5.26. The van der Waals surface area contributed by atoms with Gasteiger partial charge in [-0.1, -0.05) is 62.9 Å². The zero-order valence-electron chi connectivity index (χ0n) is 24.8. The van der Waals surface area contributed by atoms with Gasteiger partial charge in [-0.2, -0.15) is 0 Å². The molecule has 7 rings (SSSR count). The van der Waals surface area contributed by atoms with Crippen molar-refractivity contribution in [1.29, 1.82) is 0 Å². The minimum atomic E-state index is -0.0140. The Balaban J connectivity index is 0.00000161. The number of nitrogens with zero attached hydrogens (tertiary/aromatic N) is 6. The summed E-state index contributed by atoms with van der Waals surface area (Å²) in [6, 6.07) is 26.5. The van der Waals surface area contributed by atoms with Gasteiger partial charge in [-0.25, -0.2) is 15.0 Å². The van der Waals surface area contributed by atoms with Crippen LogP contribution in [0.15, 0.2) is 97.7 Å². The third-order valence-corrected chi connectivity index (χ3v) is 8.25. The van der Waals surface area contributed by atoms with Crippen molar-refractivity contribution in [1.82, 2.24) is 29.3 Å². The number of fused-ring (bicyclic) bond motifs is 1. The van der Waals surface area contributed by atoms with Crippen LogP contribution in [0.2, 0.25) is 0 Å². The highest BCUT2D eigenvalue weighted by molar-refractivity contribution is 5.88. The minimum absolute atomic E-state index is 0.0140. The van der Waals surface area contributed by atoms with Gasteiger partial charge in [0.1, 0.15) is 11.3 Å². The van der Waals surface area contributed by atoms with Crippen molar-refractivity contribution >= 4 is 22.9 Å². The van der Waals surface area contributed by atoms with Gasteiger partial charge in [0.05, 0.1) is 16.8 Å². The molecule has 2 N–H and O–H groups in total. The molecule has 2 fully saturated rings. The van der Waals surface area contributed by atoms with Crippen LogP contribution in [-0.2, 0) is 11.3 Å². The molecule has 218 valence electrons. The third-order valence-electron chi connectivity index (χ3n) is 8.25. The molecule has 8 nitrogen and oxygen atoms in total. The average Bonchev–Trinajstić information content (AvgIpc) is 3.71. The van der Waals surface area contributed by atoms with Gasteiger partial charge in [-0.15, -0.1) is 0 Å². The molecule has 1 amide bonds. The average molecular weight is 572 g/mol. The van der Waals surface area contributed by atoms with Crippen LogP contribution >= 0.6 is 0 Å². The Morgan fingerprint density at radius 2 is 1.72 bits per heavy atom. The van der Waals surface area contributed by atoms with E-state index in [4.69, 9.17) is 15.7 Å². The smallest absolute Gasteiger partial charge is 0.246 e. The number of carbonyl (C=O) groups excluding carboxylic acids is 1. The van der Waals surface area contributed by atoms with Crippen LogP contribution in [0.1, 0.15) is 32.3 Å². The van der Waals surface area contributed by atoms with E-state index in [-0.39, 0.29) is 11.4 Å². The molecular weight excluding hydrogens is 534 g/mol. The highest BCUT2D eigenvalue weighted by atomic mass is 16.2. The van der Waals surface area contributed by atoms with Crippen molar-refractivity contribution in [3.8, 4) is 28.3 Å². The van der Waals surface area contributed by atoms with Crippen LogP contribution in [0, 0.1) is 0 Å². The van der Waals surface area contributed by atoms with E-state index in [9.17, 15) is 4.79 Å². The summed E-state index contributed by atoms with van der Waals surface area (Å²) in [6.45, 7) is 11.0. The second kappa shape index (κ2) is 11.8. The van der Waals surface area contributed by atoms with Crippen LogP contribution in [-0.4, -0.2) is 60.4 Å². The summed E-state index contributed by atoms with van der Waals surface area (Å²) in [5.74, 6) is 1.18. The van der Waals surface area contributed by atoms with E-state index in [0.717, 1.165) is 72.7 Å². The summed E-state index contributed by atoms with van der Waals surface area (Å²) < 4.78 is 2.07. The number of rotatable bonds is 6. The lowest BCUT2D eigenvalue weighted by molar-refractivity contribution is -0.132. The topological polar surface area (TPSA) is 93.2 Å². The molecule has 0 unspecified atom stereocenters. The number of carbonyl (C=O) groups is 1. The van der Waals surface area contributed by atoms with Gasteiger partial charge in [-0.3, -0.25) is 14.3 Å². The molecule has 0 atom stereocenters. The van der Waals surface area contributed by atoms with Crippen molar-refractivity contribution in [2.24, 2.45) is 0 Å². The van der Waals surface area contributed by atoms with E-state index >= 15 is 0 Å². The van der Waals surface area contributed by atoms with E-state index < -0.39 is 0 Å². The van der Waals surface area contributed by atoms with Gasteiger partial charge in [0.15, 0.2) is 11.5 Å². The molecule has 1 saturated carbocycles. The van der Waals surface area contributed by atoms with Crippen LogP contribution in [0.5, 0.6) is 0 Å². The number of piperazine rings is 1. The highest BCUT2D eigenvalue weighted by Crippen LogP contribution is 2.44. The maximum Gasteiger partial charge on any atom is 0.246 e. The SMILES string of the molecule is C=CC(=O)N1CCN(Cc2ccc(-n3c(-c4cccnc4N)nc4ccc(-c5ccccc5)nc43)cc2)CC12CC2.CC. The summed E-state index contributed by atoms with van der Waals surface area (Å²) in [5, 5.41) is 0. The van der Waals surface area contributed by atoms with Gasteiger partial charge < -0.3 is 10.6 Å². The fraction of sp³-hybridized carbons (Fsp3) is 0.257. The van der Waals surface area contributed by atoms with Crippen molar-refractivity contribution in [3.05, 3.63) is 103 Å². The van der Waals surface area contributed by atoms with Crippen LogP contribution in [0.4, 0.5) is 5.82 Å². The normalized spacial score (nSPS) is 15.6. The number of nitrogens with two attached hydrogens (primary N) is 1. The number of hydrogen-bond acceptors (Lipinski definition) is 6. The van der Waals surface area contributed by atoms with Gasteiger partial charge in [0.25, 0.3) is 0 Å². The number of amides is 1. The zero-order chi connectivity index (χ0) is 30.0. The highest BCUT2D eigenvalue weighted by Gasteiger charge is 2.52. The third kappa shape index (κ3) is 5.42. The Morgan fingerprint density at radius 1 is 0.953 bits per heavy atom. The molecule has 43 heavy (non-hydrogen) atoms. The number of hydrogen-bond donors (Lipinski definition) is 1. The van der Waals surface area contributed by atoms with Crippen LogP contribution < -0.4 is 5.73 Å². The van der Waals surface area contributed by atoms with Gasteiger partial charge in [0, 0.05) is 43.6 Å². The summed E-state index contributed by atoms with van der Waals surface area (Å²) >= 11 is 0. The van der Waals surface area contributed by atoms with Crippen molar-refractivity contribution in [2.75, 3.05) is 25.4 Å². The monoisotopic (exact) mass is 571 g/mol. The van der Waals surface area contributed by atoms with Gasteiger partial charge >= 0.3 is 0 Å². The predicted octanol–water partition coefficient (Wildman–Crippen LogP) is 6.12. The molecule has 1 aliphatic heterocycles. The van der Waals surface area contributed by atoms with E-state index in [2.05, 4.69) is 57.4 Å². The minimum Gasteiger partial charge on any atom is -0.383 e. The fourth-order valence-electron chi connectivity index (χ4n) is 5.99. The molecular formula is C35H37N7O. The summed E-state index contributed by atoms with van der Waals surface area (Å²) in [5.41, 5.74) is 12.7. The predicted molar refractivity (Wildman–Crippen MR) is 172 cm³/mol. The van der Waals surface area contributed by atoms with Crippen molar-refractivity contribution in [3.63, 3.8) is 0 Å². The first kappa shape index (κ1) is 28.3. The van der Waals surface area contributed by atoms with Crippen molar-refractivity contribution in [2.45, 2.75) is 38.8 Å². The number of imidazole rings is 1. The van der Waals surface area contributed by atoms with E-state index in [0.29, 0.717) is 11.6 Å². The quantitative estimate of drug-likeness (QED) is 0.247. The first-order valence-electron chi connectivity index (χ1n) is 15.0. The second-order valence-corrected chi connectivity index (χ2v) is 10.9. The summed E-state index contributed by atoms with van der Waals surface area (Å²) in [4.78, 5) is 31.1. The Bertz CT molecular complexity index is 1760. The first-order valence-corrected chi connectivity index (χ1v) is 15.0. The summed E-state index contributed by atoms with van der Waals surface area (Å²) in [7, 11) is 0. The largest absolute Gasteiger partial charge is 0.383 e. The van der Waals surface area contributed by atoms with Gasteiger partial charge in [-0.05, 0) is 60.9 Å². The Labute approximate surface area is 252 Å². The van der Waals surface area contributed by atoms with Crippen LogP contribution in [0.3, 0.4) is 0 Å². The molecule has 3 aromatic heterocycles. The number of anilines is 1. The van der Waals surface area contributed by atoms with E-state index in [1.165, 1.54) is 11.6 Å². The molecule has 1 aliphatic carbocycles. The lowest BCUT2D eigenvalue weighted by atomic mass is 10.1. The first-order chi connectivity index (χ1) is 21.0. The fourth-order valence-corrected chi connectivity index (χ4v) is 5.99. The number of pyridine rings is 2. The lowest BCUT2D eigenvalue weighted by Crippen LogP contribution is -2.56. The Hall–Kier alpha value is -4.82. The lowest BCUT2D eigenvalue weighted by Gasteiger charge is -2.41. The molecule has 0 bridgehead atoms. The van der Waals surface area contributed by atoms with Crippen molar-refractivity contribution < 1.29 is 4.79 Å². The second-order valence-electron chi connectivity index (χ2n) is 10.9. The Kier molecular flexibility index (Phi) is 7.78. The molecule has 5 aromatic rings. The molecule has 2 aliphatic rings. The molecule has 8 heteroatoms. The number of aromatic nitrogens is 4. The number of benzene rings is 2. The van der Waals surface area contributed by atoms with Crippen LogP contribution in [0.25, 0.3) is 39.5 Å². The Morgan fingerprint density at radius 3 is 2.42 bits per heavy atom. The van der Waals surface area contributed by atoms with E-state index in [1.54, 1.807) is 6.20 Å². The maximum absolute atomic E-state index is 12.3. The molecule has 1 spiro atoms. The molecule has 4 heterocycles.